The average Bonchev–Trinajstić information content (AvgIpc) is 3.38. The van der Waals surface area contributed by atoms with Gasteiger partial charge in [0, 0.05) is 11.3 Å². The fraction of sp³-hybridized carbons (Fsp3) is 0.217. The third-order valence-electron chi connectivity index (χ3n) is 5.64. The summed E-state index contributed by atoms with van der Waals surface area (Å²) in [6, 6.07) is 14.5. The zero-order valence-corrected chi connectivity index (χ0v) is 17.6. The highest BCUT2D eigenvalue weighted by molar-refractivity contribution is 6.00. The Balaban J connectivity index is 1.66. The Labute approximate surface area is 192 Å². The molecule has 2 aromatic heterocycles. The maximum absolute atomic E-state index is 13.6. The maximum atomic E-state index is 13.6. The molecule has 4 N–H and O–H groups in total. The maximum Gasteiger partial charge on any atom is 0.181 e. The molecule has 3 heterocycles. The van der Waals surface area contributed by atoms with Crippen molar-refractivity contribution in [2.24, 2.45) is 0 Å². The van der Waals surface area contributed by atoms with Gasteiger partial charge in [-0.05, 0) is 48.5 Å². The van der Waals surface area contributed by atoms with Crippen LogP contribution in [0.3, 0.4) is 0 Å². The van der Waals surface area contributed by atoms with Crippen LogP contribution < -0.4 is 5.32 Å². The van der Waals surface area contributed by atoms with E-state index in [-0.39, 0.29) is 0 Å². The number of ether oxygens (including phenoxy) is 1. The Hall–Kier alpha value is -3.95. The second-order valence-corrected chi connectivity index (χ2v) is 7.76. The lowest BCUT2D eigenvalue weighted by molar-refractivity contribution is -0.0565. The minimum atomic E-state index is -1.37. The lowest BCUT2D eigenvalue weighted by atomic mass is 10.1. The zero-order chi connectivity index (χ0) is 23.8. The summed E-state index contributed by atoms with van der Waals surface area (Å²) in [5.74, 6) is -0.0323. The number of nitriles is 1. The quantitative estimate of drug-likeness (QED) is 0.349. The fourth-order valence-corrected chi connectivity index (χ4v) is 3.90. The van der Waals surface area contributed by atoms with E-state index in [1.807, 2.05) is 0 Å². The molecule has 0 amide bonds. The van der Waals surface area contributed by atoms with Gasteiger partial charge in [-0.15, -0.1) is 0 Å². The summed E-state index contributed by atoms with van der Waals surface area (Å²) in [4.78, 5) is 8.67. The van der Waals surface area contributed by atoms with Gasteiger partial charge in [0.05, 0.1) is 23.6 Å². The third-order valence-corrected chi connectivity index (χ3v) is 5.64. The number of rotatable bonds is 5. The van der Waals surface area contributed by atoms with Gasteiger partial charge in [-0.2, -0.15) is 10.4 Å². The largest absolute Gasteiger partial charge is 0.394 e. The first-order chi connectivity index (χ1) is 16.5. The molecule has 4 atom stereocenters. The lowest BCUT2D eigenvalue weighted by Crippen LogP contribution is -2.33. The number of halogens is 1. The number of fused-ring (bicyclic) bond motifs is 1. The number of hydrogen-bond acceptors (Lipinski definition) is 9. The van der Waals surface area contributed by atoms with Crippen molar-refractivity contribution in [2.45, 2.75) is 24.5 Å². The number of nitrogens with one attached hydrogen (secondary N) is 1. The van der Waals surface area contributed by atoms with E-state index in [1.54, 1.807) is 36.4 Å². The third kappa shape index (κ3) is 3.74. The molecule has 0 aliphatic carbocycles. The minimum Gasteiger partial charge on any atom is -0.394 e. The molecular formula is C23H19FN6O4. The topological polar surface area (TPSA) is 149 Å². The molecule has 0 saturated carbocycles. The number of anilines is 2. The molecule has 34 heavy (non-hydrogen) atoms. The Morgan fingerprint density at radius 2 is 1.79 bits per heavy atom. The Morgan fingerprint density at radius 3 is 2.44 bits per heavy atom. The van der Waals surface area contributed by atoms with Crippen molar-refractivity contribution in [3.05, 3.63) is 66.2 Å². The van der Waals surface area contributed by atoms with Gasteiger partial charge in [0.2, 0.25) is 0 Å². The van der Waals surface area contributed by atoms with Gasteiger partial charge in [-0.3, -0.25) is 0 Å². The molecule has 1 fully saturated rings. The molecule has 0 bridgehead atoms. The van der Waals surface area contributed by atoms with Crippen LogP contribution in [0.1, 0.15) is 11.8 Å². The van der Waals surface area contributed by atoms with E-state index in [4.69, 9.17) is 10.00 Å². The molecule has 0 radical (unpaired) electrons. The van der Waals surface area contributed by atoms with Crippen LogP contribution in [0.5, 0.6) is 0 Å². The van der Waals surface area contributed by atoms with Crippen LogP contribution in [-0.2, 0) is 4.74 Å². The SMILES string of the molecule is N#Cc1ccc(Nc2ncnc3c2c(-c2ccc(F)cc2)nn3[C@@H]2O[C@H](CO)[C@H](O)[C@@H]2O)cc1. The van der Waals surface area contributed by atoms with Crippen molar-refractivity contribution in [3.8, 4) is 17.3 Å². The van der Waals surface area contributed by atoms with Crippen molar-refractivity contribution in [2.75, 3.05) is 11.9 Å². The summed E-state index contributed by atoms with van der Waals surface area (Å²) in [5.41, 5.74) is 2.41. The van der Waals surface area contributed by atoms with Crippen molar-refractivity contribution in [3.63, 3.8) is 0 Å². The van der Waals surface area contributed by atoms with E-state index in [9.17, 15) is 19.7 Å². The second-order valence-electron chi connectivity index (χ2n) is 7.76. The molecule has 4 aromatic rings. The molecule has 10 nitrogen and oxygen atoms in total. The van der Waals surface area contributed by atoms with E-state index in [2.05, 4.69) is 26.5 Å². The van der Waals surface area contributed by atoms with Crippen molar-refractivity contribution in [1.29, 1.82) is 5.26 Å². The highest BCUT2D eigenvalue weighted by Crippen LogP contribution is 2.37. The number of aromatic nitrogens is 4. The predicted octanol–water partition coefficient (Wildman–Crippen LogP) is 1.86. The second kappa shape index (κ2) is 8.77. The van der Waals surface area contributed by atoms with Crippen LogP contribution in [0.2, 0.25) is 0 Å². The minimum absolute atomic E-state index is 0.292. The van der Waals surface area contributed by atoms with E-state index in [0.717, 1.165) is 0 Å². The van der Waals surface area contributed by atoms with Crippen molar-refractivity contribution >= 4 is 22.5 Å². The molecule has 1 saturated heterocycles. The molecule has 0 unspecified atom stereocenters. The Kier molecular flexibility index (Phi) is 5.64. The Bertz CT molecular complexity index is 1370. The monoisotopic (exact) mass is 462 g/mol. The van der Waals surface area contributed by atoms with Crippen molar-refractivity contribution in [1.82, 2.24) is 19.7 Å². The summed E-state index contributed by atoms with van der Waals surface area (Å²) >= 11 is 0. The molecule has 0 spiro atoms. The summed E-state index contributed by atoms with van der Waals surface area (Å²) in [6.07, 6.45) is -3.50. The van der Waals surface area contributed by atoms with E-state index in [0.29, 0.717) is 39.4 Å². The molecular weight excluding hydrogens is 443 g/mol. The number of aliphatic hydroxyl groups is 3. The van der Waals surface area contributed by atoms with Gasteiger partial charge in [0.15, 0.2) is 11.9 Å². The molecule has 1 aliphatic rings. The van der Waals surface area contributed by atoms with Crippen LogP contribution in [0, 0.1) is 17.1 Å². The van der Waals surface area contributed by atoms with Crippen LogP contribution in [0.25, 0.3) is 22.3 Å². The number of aliphatic hydroxyl groups excluding tert-OH is 3. The first kappa shape index (κ1) is 21.9. The molecule has 11 heteroatoms. The van der Waals surface area contributed by atoms with Gasteiger partial charge in [0.25, 0.3) is 0 Å². The van der Waals surface area contributed by atoms with Crippen LogP contribution in [0.4, 0.5) is 15.9 Å². The zero-order valence-electron chi connectivity index (χ0n) is 17.6. The summed E-state index contributed by atoms with van der Waals surface area (Å²) in [6.45, 7) is -0.487. The lowest BCUT2D eigenvalue weighted by Gasteiger charge is -2.15. The highest BCUT2D eigenvalue weighted by atomic mass is 19.1. The number of hydrogen-bond donors (Lipinski definition) is 4. The van der Waals surface area contributed by atoms with E-state index >= 15 is 0 Å². The standard InChI is InChI=1S/C23H19FN6O4/c24-14-5-3-13(4-6-14)18-17-21(28-15-7-1-12(9-25)2-8-15)26-11-27-22(17)30(29-18)23-20(33)19(32)16(10-31)34-23/h1-8,11,16,19-20,23,31-33H,10H2,(H,26,27,28)/t16-,19+,20+,23-/m1/s1. The summed E-state index contributed by atoms with van der Waals surface area (Å²) in [7, 11) is 0. The average molecular weight is 462 g/mol. The van der Waals surface area contributed by atoms with Gasteiger partial charge in [0.1, 0.15) is 42.0 Å². The van der Waals surface area contributed by atoms with Crippen LogP contribution >= 0.6 is 0 Å². The van der Waals surface area contributed by atoms with Gasteiger partial charge in [-0.1, -0.05) is 0 Å². The van der Waals surface area contributed by atoms with Gasteiger partial charge in [-0.25, -0.2) is 19.0 Å². The smallest absolute Gasteiger partial charge is 0.181 e. The van der Waals surface area contributed by atoms with Crippen LogP contribution in [0.15, 0.2) is 54.9 Å². The predicted molar refractivity (Wildman–Crippen MR) is 118 cm³/mol. The van der Waals surface area contributed by atoms with Crippen LogP contribution in [-0.4, -0.2) is 60.0 Å². The van der Waals surface area contributed by atoms with Gasteiger partial charge < -0.3 is 25.4 Å². The Morgan fingerprint density at radius 1 is 1.06 bits per heavy atom. The molecule has 172 valence electrons. The summed E-state index contributed by atoms with van der Waals surface area (Å²) < 4.78 is 20.6. The molecule has 2 aromatic carbocycles. The van der Waals surface area contributed by atoms with Crippen molar-refractivity contribution < 1.29 is 24.4 Å². The van der Waals surface area contributed by atoms with Gasteiger partial charge >= 0.3 is 0 Å². The molecule has 5 rings (SSSR count). The first-order valence-corrected chi connectivity index (χ1v) is 10.4. The molecule has 1 aliphatic heterocycles. The number of nitrogens with zero attached hydrogens (tertiary/aromatic N) is 5. The summed E-state index contributed by atoms with van der Waals surface area (Å²) in [5, 5.41) is 47.5. The van der Waals surface area contributed by atoms with E-state index < -0.39 is 37.0 Å². The highest BCUT2D eigenvalue weighted by Gasteiger charge is 2.45. The normalized spacial score (nSPS) is 22.1. The fourth-order valence-electron chi connectivity index (χ4n) is 3.90. The first-order valence-electron chi connectivity index (χ1n) is 10.4. The number of benzene rings is 2. The van der Waals surface area contributed by atoms with E-state index in [1.165, 1.54) is 23.1 Å².